The van der Waals surface area contributed by atoms with Gasteiger partial charge in [-0.3, -0.25) is 19.6 Å². The monoisotopic (exact) mass is 1540 g/mol. The summed E-state index contributed by atoms with van der Waals surface area (Å²) in [5.74, 6) is 0.829. The van der Waals surface area contributed by atoms with Crippen LogP contribution in [0.1, 0.15) is 300 Å². The number of phosphoric ester groups is 4. The third-order valence-corrected chi connectivity index (χ3v) is 24.9. The summed E-state index contributed by atoms with van der Waals surface area (Å²) in [6.45, 7) is 50.2. The summed E-state index contributed by atoms with van der Waals surface area (Å²) in [6, 6.07) is 31.8. The molecule has 16 nitrogen and oxygen atoms in total. The Morgan fingerprint density at radius 3 is 0.324 bits per heavy atom. The topological polar surface area (TPSA) is 223 Å². The first kappa shape index (κ1) is 79.0. The number of rotatable bonds is 0. The van der Waals surface area contributed by atoms with Crippen LogP contribution in [0.25, 0.3) is 0 Å². The highest BCUT2D eigenvalue weighted by molar-refractivity contribution is 7.49. The molecule has 20 heteroatoms. The molecule has 4 N–H and O–H groups in total. The summed E-state index contributed by atoms with van der Waals surface area (Å²) in [5, 5.41) is 0. The maximum Gasteiger partial charge on any atom is 0.584 e. The van der Waals surface area contributed by atoms with Crippen LogP contribution >= 0.6 is 31.3 Å². The number of hydrogen-bond acceptors (Lipinski definition) is 12. The highest BCUT2D eigenvalue weighted by Crippen LogP contribution is 2.60. The molecule has 0 saturated heterocycles. The fourth-order valence-corrected chi connectivity index (χ4v) is 19.0. The molecule has 24 rings (SSSR count). The quantitative estimate of drug-likeness (QED) is 0.104. The average Bonchev–Trinajstić information content (AvgIpc) is 0.753. The van der Waals surface area contributed by atoms with Crippen molar-refractivity contribution < 1.29 is 74.0 Å². The zero-order valence-electron chi connectivity index (χ0n) is 67.4. The van der Waals surface area contributed by atoms with Crippen LogP contribution in [-0.4, -0.2) is 19.6 Å². The second kappa shape index (κ2) is 26.3. The van der Waals surface area contributed by atoms with E-state index in [-0.39, 0.29) is 97.4 Å². The Bertz CT molecular complexity index is 4320. The molecule has 0 atom stereocenters. The summed E-state index contributed by atoms with van der Waals surface area (Å²) in [4.78, 5) is 50.3. The Labute approximate surface area is 639 Å². The Morgan fingerprint density at radius 2 is 0.259 bits per heavy atom. The van der Waals surface area contributed by atoms with E-state index in [1.165, 1.54) is 0 Å². The lowest BCUT2D eigenvalue weighted by molar-refractivity contribution is 0.283. The Kier molecular flexibility index (Phi) is 19.2. The predicted molar refractivity (Wildman–Crippen MR) is 428 cm³/mol. The van der Waals surface area contributed by atoms with Crippen molar-refractivity contribution in [3.8, 4) is 46.0 Å². The molecule has 8 aromatic rings. The maximum atomic E-state index is 15.5. The summed E-state index contributed by atoms with van der Waals surface area (Å²) < 4.78 is 114. The van der Waals surface area contributed by atoms with E-state index < -0.39 is 74.6 Å². The SMILES string of the molecule is CC(C)(C)c1cc2c3c(c1)Cc1cc(C(C)(C)C)cc4c1OP(=O)(O)Oc1c(cc(C(C)(C)C)cc1Cc1cc(C(C)(C)C)cc5c1OP(=O)(O)Oc1c(cc(C(C)(C)C)cc1Cc1cc(C(C)(C)C)cc6c1OP(=O)(O)Oc1c(cc(C(C)(C)C)cc1Cc1cc(C(C)(C)C)cc(c1OP(=O)(O)O3)C2)C6)C5)C4. The predicted octanol–water partition coefficient (Wildman–Crippen LogP) is 22.6. The normalized spacial score (nSPS) is 21.0. The van der Waals surface area contributed by atoms with Crippen LogP contribution in [0.5, 0.6) is 46.0 Å². The third-order valence-electron chi connectivity index (χ3n) is 21.6. The lowest BCUT2D eigenvalue weighted by Gasteiger charge is -2.32. The van der Waals surface area contributed by atoms with Crippen LogP contribution in [0.4, 0.5) is 0 Å². The van der Waals surface area contributed by atoms with Gasteiger partial charge in [0.25, 0.3) is 0 Å². The first-order valence-electron chi connectivity index (χ1n) is 37.5. The first-order chi connectivity index (χ1) is 49.3. The summed E-state index contributed by atoms with van der Waals surface area (Å²) in [7, 11) is -20.8. The second-order valence-electron chi connectivity index (χ2n) is 39.0. The lowest BCUT2D eigenvalue weighted by Crippen LogP contribution is -2.19. The highest BCUT2D eigenvalue weighted by atomic mass is 31.2. The maximum absolute atomic E-state index is 15.5. The van der Waals surface area contributed by atoms with E-state index in [0.717, 1.165) is 44.5 Å². The van der Waals surface area contributed by atoms with Crippen molar-refractivity contribution in [1.29, 1.82) is 0 Å². The zero-order valence-corrected chi connectivity index (χ0v) is 70.9. The molecule has 0 saturated carbocycles. The smallest absolute Gasteiger partial charge is 0.395 e. The van der Waals surface area contributed by atoms with Gasteiger partial charge in [-0.2, -0.15) is 0 Å². The second-order valence-corrected chi connectivity index (χ2v) is 44.2. The van der Waals surface area contributed by atoms with Gasteiger partial charge in [-0.25, -0.2) is 18.3 Å². The van der Waals surface area contributed by atoms with Crippen LogP contribution in [0.15, 0.2) is 97.1 Å². The van der Waals surface area contributed by atoms with Crippen LogP contribution < -0.4 is 36.2 Å². The molecule has 16 aliphatic rings. The number of hydrogen-bond donors (Lipinski definition) is 4. The van der Waals surface area contributed by atoms with E-state index in [9.17, 15) is 19.6 Å². The van der Waals surface area contributed by atoms with E-state index in [0.29, 0.717) is 89.0 Å². The minimum atomic E-state index is -5.20. The molecule has 15 aliphatic heterocycles. The highest BCUT2D eigenvalue weighted by Gasteiger charge is 2.43. The molecule has 0 unspecified atom stereocenters. The molecule has 0 aromatic heterocycles. The van der Waals surface area contributed by atoms with Gasteiger partial charge in [0.1, 0.15) is 46.0 Å². The lowest BCUT2D eigenvalue weighted by atomic mass is 9.79. The van der Waals surface area contributed by atoms with Crippen molar-refractivity contribution in [1.82, 2.24) is 0 Å². The molecular formula is C88H108O16P4. The van der Waals surface area contributed by atoms with Gasteiger partial charge in [0.05, 0.1) is 0 Å². The molecule has 0 fully saturated rings. The minimum Gasteiger partial charge on any atom is -0.395 e. The molecule has 8 aromatic carbocycles. The molecular weight excluding hydrogens is 1440 g/mol. The van der Waals surface area contributed by atoms with Crippen LogP contribution in [0.3, 0.4) is 0 Å². The largest absolute Gasteiger partial charge is 0.584 e. The van der Waals surface area contributed by atoms with Gasteiger partial charge in [-0.1, -0.05) is 263 Å². The van der Waals surface area contributed by atoms with Crippen molar-refractivity contribution in [2.75, 3.05) is 0 Å². The molecule has 15 heterocycles. The molecule has 0 amide bonds. The first-order valence-corrected chi connectivity index (χ1v) is 43.5. The van der Waals surface area contributed by atoms with Crippen LogP contribution in [0, 0.1) is 0 Å². The summed E-state index contributed by atoms with van der Waals surface area (Å²) in [6.07, 6.45) is 0.526. The molecule has 0 spiro atoms. The average molecular weight is 1550 g/mol. The van der Waals surface area contributed by atoms with Crippen molar-refractivity contribution in [2.45, 2.75) is 261 Å². The molecule has 24 bridgehead atoms. The Morgan fingerprint density at radius 1 is 0.185 bits per heavy atom. The van der Waals surface area contributed by atoms with Gasteiger partial charge in [-0.05, 0) is 177 Å². The van der Waals surface area contributed by atoms with Gasteiger partial charge >= 0.3 is 31.3 Å². The zero-order chi connectivity index (χ0) is 79.1. The third kappa shape index (κ3) is 16.3. The van der Waals surface area contributed by atoms with Crippen molar-refractivity contribution in [3.05, 3.63) is 231 Å². The van der Waals surface area contributed by atoms with Crippen molar-refractivity contribution in [3.63, 3.8) is 0 Å². The van der Waals surface area contributed by atoms with Gasteiger partial charge < -0.3 is 36.2 Å². The molecule has 576 valence electrons. The van der Waals surface area contributed by atoms with E-state index in [4.69, 9.17) is 36.2 Å². The molecule has 0 radical (unpaired) electrons. The van der Waals surface area contributed by atoms with Crippen LogP contribution in [-0.2, 0) is 113 Å². The van der Waals surface area contributed by atoms with Crippen molar-refractivity contribution in [2.24, 2.45) is 0 Å². The van der Waals surface area contributed by atoms with E-state index in [2.05, 4.69) is 166 Å². The number of benzene rings is 8. The van der Waals surface area contributed by atoms with Crippen molar-refractivity contribution >= 4 is 31.3 Å². The van der Waals surface area contributed by atoms with Gasteiger partial charge in [0, 0.05) is 51.4 Å². The molecule has 1 aliphatic carbocycles. The fourth-order valence-electron chi connectivity index (χ4n) is 15.2. The van der Waals surface area contributed by atoms with Gasteiger partial charge in [0.2, 0.25) is 0 Å². The minimum absolute atomic E-state index is 0.0211. The van der Waals surface area contributed by atoms with Gasteiger partial charge in [0.15, 0.2) is 0 Å². The van der Waals surface area contributed by atoms with E-state index >= 15 is 18.3 Å². The summed E-state index contributed by atoms with van der Waals surface area (Å²) >= 11 is 0. The van der Waals surface area contributed by atoms with E-state index in [1.54, 1.807) is 0 Å². The Hall–Kier alpha value is -7.08. The summed E-state index contributed by atoms with van der Waals surface area (Å²) in [5.41, 5.74) is 11.6. The number of phosphoric acid groups is 4. The molecule has 108 heavy (non-hydrogen) atoms. The van der Waals surface area contributed by atoms with E-state index in [1.807, 2.05) is 97.1 Å². The fraction of sp³-hybridized carbons (Fsp3) is 0.455. The van der Waals surface area contributed by atoms with Crippen LogP contribution in [0.2, 0.25) is 0 Å². The van der Waals surface area contributed by atoms with Gasteiger partial charge in [-0.15, -0.1) is 0 Å². The Balaban J connectivity index is 1.14. The standard InChI is InChI=1S/C88H108O16P4/c1-81(2,3)65-33-49-25-50-34-66(82(4,5)6)43-59-30-60-44-69(85(13,14)15)37-53-27-54-38-70(86(16,17)18)47-63(78(54)102-107(93,94)101-77(53)60)32-64-48-72(88(22,23)24)40-56-28-55-39-71(87(19,20)21)46-62(79(55)103-108(95,96)104-80(56)64)31-61-45-68(84(10,11)12)36-52-26-51-35-67(83(7,8)9)42-58(75(51)99-106(91,92)100-76(52)61)29-57(41-65)73(49)97-105(89,90)98-74(50)59/h33-48H,25-32H2,1-24H3,(H,89,90)(H,91,92)(H,93,94)(H,95,96).